The van der Waals surface area contributed by atoms with Crippen LogP contribution in [0.25, 0.3) is 5.82 Å². The van der Waals surface area contributed by atoms with Crippen molar-refractivity contribution < 1.29 is 0 Å². The topological polar surface area (TPSA) is 55.6 Å². The zero-order chi connectivity index (χ0) is 12.1. The van der Waals surface area contributed by atoms with Crippen LogP contribution in [0.1, 0.15) is 24.9 Å². The Bertz CT molecular complexity index is 477. The van der Waals surface area contributed by atoms with Crippen molar-refractivity contribution >= 4 is 0 Å². The number of imidazole rings is 1. The maximum absolute atomic E-state index is 4.55. The summed E-state index contributed by atoms with van der Waals surface area (Å²) in [6.45, 7) is 2.86. The third kappa shape index (κ3) is 2.68. The lowest BCUT2D eigenvalue weighted by Crippen LogP contribution is -2.10. The summed E-state index contributed by atoms with van der Waals surface area (Å²) in [5.41, 5.74) is 0.932. The summed E-state index contributed by atoms with van der Waals surface area (Å²) in [5, 5.41) is 3.07. The molecule has 0 saturated carbocycles. The van der Waals surface area contributed by atoms with Gasteiger partial charge in [0.15, 0.2) is 5.82 Å². The Labute approximate surface area is 101 Å². The average Bonchev–Trinajstić information content (AvgIpc) is 2.79. The molecule has 5 nitrogen and oxygen atoms in total. The van der Waals surface area contributed by atoms with Crippen molar-refractivity contribution in [3.05, 3.63) is 36.3 Å². The fourth-order valence-electron chi connectivity index (χ4n) is 1.73. The van der Waals surface area contributed by atoms with Crippen molar-refractivity contribution in [3.8, 4) is 5.82 Å². The molecule has 0 spiro atoms. The molecular weight excluding hydrogens is 214 g/mol. The number of rotatable bonds is 5. The lowest BCUT2D eigenvalue weighted by molar-refractivity contribution is 0.758. The summed E-state index contributed by atoms with van der Waals surface area (Å²) in [7, 11) is 1.90. The highest BCUT2D eigenvalue weighted by atomic mass is 15.1. The minimum absolute atomic E-state index is 0.721. The van der Waals surface area contributed by atoms with E-state index in [1.54, 1.807) is 18.6 Å². The molecule has 0 bridgehead atoms. The van der Waals surface area contributed by atoms with Crippen LogP contribution in [-0.2, 0) is 13.0 Å². The fraction of sp³-hybridized carbons (Fsp3) is 0.417. The fourth-order valence-corrected chi connectivity index (χ4v) is 1.73. The van der Waals surface area contributed by atoms with Gasteiger partial charge >= 0.3 is 0 Å². The first kappa shape index (κ1) is 11.7. The van der Waals surface area contributed by atoms with E-state index in [2.05, 4.69) is 27.2 Å². The molecule has 1 N–H and O–H groups in total. The molecule has 0 radical (unpaired) electrons. The molecule has 0 aliphatic heterocycles. The monoisotopic (exact) mass is 231 g/mol. The largest absolute Gasteiger partial charge is 0.314 e. The second-order valence-corrected chi connectivity index (χ2v) is 3.86. The van der Waals surface area contributed by atoms with Crippen molar-refractivity contribution in [2.45, 2.75) is 26.3 Å². The van der Waals surface area contributed by atoms with Crippen LogP contribution in [0.4, 0.5) is 0 Å². The predicted molar refractivity (Wildman–Crippen MR) is 65.9 cm³/mol. The average molecular weight is 231 g/mol. The number of nitrogens with one attached hydrogen (secondary N) is 1. The van der Waals surface area contributed by atoms with Crippen LogP contribution < -0.4 is 5.32 Å². The van der Waals surface area contributed by atoms with E-state index >= 15 is 0 Å². The van der Waals surface area contributed by atoms with Gasteiger partial charge in [0.2, 0.25) is 0 Å². The van der Waals surface area contributed by atoms with Crippen LogP contribution in [0.3, 0.4) is 0 Å². The summed E-state index contributed by atoms with van der Waals surface area (Å²) < 4.78 is 2.00. The molecule has 5 heteroatoms. The van der Waals surface area contributed by atoms with Crippen LogP contribution >= 0.6 is 0 Å². The van der Waals surface area contributed by atoms with Crippen LogP contribution in [0, 0.1) is 0 Å². The SMILES string of the molecule is CCCc1nccn1-c1cncc(CNC)n1. The molecule has 90 valence electrons. The van der Waals surface area contributed by atoms with Gasteiger partial charge in [-0.25, -0.2) is 9.97 Å². The Kier molecular flexibility index (Phi) is 3.82. The van der Waals surface area contributed by atoms with Gasteiger partial charge in [-0.3, -0.25) is 9.55 Å². The second kappa shape index (κ2) is 5.54. The van der Waals surface area contributed by atoms with Gasteiger partial charge in [0, 0.05) is 31.6 Å². The Morgan fingerprint density at radius 3 is 3.00 bits per heavy atom. The van der Waals surface area contributed by atoms with Gasteiger partial charge in [-0.1, -0.05) is 6.92 Å². The van der Waals surface area contributed by atoms with Crippen LogP contribution in [0.15, 0.2) is 24.8 Å². The van der Waals surface area contributed by atoms with Crippen molar-refractivity contribution in [2.24, 2.45) is 0 Å². The Hall–Kier alpha value is -1.75. The van der Waals surface area contributed by atoms with Crippen molar-refractivity contribution in [1.29, 1.82) is 0 Å². The van der Waals surface area contributed by atoms with Crippen LogP contribution in [-0.4, -0.2) is 26.6 Å². The number of aryl methyl sites for hydroxylation is 1. The van der Waals surface area contributed by atoms with Gasteiger partial charge in [0.25, 0.3) is 0 Å². The highest BCUT2D eigenvalue weighted by Gasteiger charge is 2.06. The highest BCUT2D eigenvalue weighted by molar-refractivity contribution is 5.22. The van der Waals surface area contributed by atoms with Gasteiger partial charge in [0.1, 0.15) is 5.82 Å². The van der Waals surface area contributed by atoms with E-state index in [1.807, 2.05) is 17.8 Å². The molecule has 2 aromatic rings. The Morgan fingerprint density at radius 2 is 2.24 bits per heavy atom. The summed E-state index contributed by atoms with van der Waals surface area (Å²) in [4.78, 5) is 13.1. The number of aromatic nitrogens is 4. The zero-order valence-corrected chi connectivity index (χ0v) is 10.2. The third-order valence-electron chi connectivity index (χ3n) is 2.47. The van der Waals surface area contributed by atoms with E-state index < -0.39 is 0 Å². The maximum atomic E-state index is 4.55. The molecule has 0 atom stereocenters. The van der Waals surface area contributed by atoms with E-state index in [4.69, 9.17) is 0 Å². The molecule has 0 amide bonds. The second-order valence-electron chi connectivity index (χ2n) is 3.86. The standard InChI is InChI=1S/C12H17N5/c1-3-4-11-15-5-6-17(11)12-9-14-8-10(16-12)7-13-2/h5-6,8-9,13H,3-4,7H2,1-2H3. The number of hydrogen-bond acceptors (Lipinski definition) is 4. The molecule has 0 aliphatic carbocycles. The molecule has 2 aromatic heterocycles. The first-order valence-corrected chi connectivity index (χ1v) is 5.83. The van der Waals surface area contributed by atoms with Crippen molar-refractivity contribution in [1.82, 2.24) is 24.8 Å². The van der Waals surface area contributed by atoms with E-state index in [0.29, 0.717) is 0 Å². The lowest BCUT2D eigenvalue weighted by atomic mass is 10.3. The molecule has 0 aromatic carbocycles. The maximum Gasteiger partial charge on any atom is 0.156 e. The van der Waals surface area contributed by atoms with E-state index in [0.717, 1.165) is 36.7 Å². The molecule has 2 rings (SSSR count). The predicted octanol–water partition coefficient (Wildman–Crippen LogP) is 1.33. The summed E-state index contributed by atoms with van der Waals surface area (Å²) in [5.74, 6) is 1.86. The van der Waals surface area contributed by atoms with Crippen molar-refractivity contribution in [2.75, 3.05) is 7.05 Å². The first-order chi connectivity index (χ1) is 8.35. The molecule has 0 saturated heterocycles. The van der Waals surface area contributed by atoms with Gasteiger partial charge in [-0.05, 0) is 13.5 Å². The number of hydrogen-bond donors (Lipinski definition) is 1. The molecule has 0 fully saturated rings. The van der Waals surface area contributed by atoms with Gasteiger partial charge in [-0.15, -0.1) is 0 Å². The summed E-state index contributed by atoms with van der Waals surface area (Å²) in [6.07, 6.45) is 9.29. The summed E-state index contributed by atoms with van der Waals surface area (Å²) in [6, 6.07) is 0. The van der Waals surface area contributed by atoms with E-state index in [9.17, 15) is 0 Å². The Morgan fingerprint density at radius 1 is 1.35 bits per heavy atom. The van der Waals surface area contributed by atoms with Crippen LogP contribution in [0.5, 0.6) is 0 Å². The Balaban J connectivity index is 2.31. The van der Waals surface area contributed by atoms with E-state index in [-0.39, 0.29) is 0 Å². The minimum Gasteiger partial charge on any atom is -0.314 e. The lowest BCUT2D eigenvalue weighted by Gasteiger charge is -2.07. The highest BCUT2D eigenvalue weighted by Crippen LogP contribution is 2.09. The smallest absolute Gasteiger partial charge is 0.156 e. The number of nitrogens with zero attached hydrogens (tertiary/aromatic N) is 4. The zero-order valence-electron chi connectivity index (χ0n) is 10.2. The molecular formula is C12H17N5. The van der Waals surface area contributed by atoms with Crippen LogP contribution in [0.2, 0.25) is 0 Å². The first-order valence-electron chi connectivity index (χ1n) is 5.83. The quantitative estimate of drug-likeness (QED) is 0.843. The molecule has 17 heavy (non-hydrogen) atoms. The third-order valence-corrected chi connectivity index (χ3v) is 2.47. The minimum atomic E-state index is 0.721. The molecule has 0 aliphatic rings. The molecule has 0 unspecified atom stereocenters. The van der Waals surface area contributed by atoms with Gasteiger partial charge < -0.3 is 5.32 Å². The van der Waals surface area contributed by atoms with Crippen molar-refractivity contribution in [3.63, 3.8) is 0 Å². The van der Waals surface area contributed by atoms with Gasteiger partial charge in [-0.2, -0.15) is 0 Å². The van der Waals surface area contributed by atoms with E-state index in [1.165, 1.54) is 0 Å². The molecule has 2 heterocycles. The normalized spacial score (nSPS) is 10.7. The van der Waals surface area contributed by atoms with Gasteiger partial charge in [0.05, 0.1) is 11.9 Å². The summed E-state index contributed by atoms with van der Waals surface area (Å²) >= 11 is 0.